The first-order valence-corrected chi connectivity index (χ1v) is 2.56. The van der Waals surface area contributed by atoms with Crippen LogP contribution >= 0.6 is 12.4 Å². The minimum absolute atomic E-state index is 0. The molecule has 2 N–H and O–H groups in total. The number of carbonyl (C=O) groups is 2. The average Bonchev–Trinajstić information content (AvgIpc) is 1.83. The Morgan fingerprint density at radius 1 is 1.40 bits per heavy atom. The van der Waals surface area contributed by atoms with Gasteiger partial charge in [0.05, 0.1) is 6.42 Å². The summed E-state index contributed by atoms with van der Waals surface area (Å²) in [5.74, 6) is 3.91. The Morgan fingerprint density at radius 3 is 2.20 bits per heavy atom. The minimum Gasteiger partial charge on any atom is -0.373 e. The molecular weight excluding hydrogens is 158 g/mol. The zero-order chi connectivity index (χ0) is 7.28. The number of rotatable bonds is 3. The highest BCUT2D eigenvalue weighted by molar-refractivity contribution is 5.85. The van der Waals surface area contributed by atoms with Crippen LogP contribution in [0, 0.1) is 0 Å². The molecule has 0 spiro atoms. The van der Waals surface area contributed by atoms with Gasteiger partial charge in [-0.15, -0.1) is 12.4 Å². The van der Waals surface area contributed by atoms with E-state index in [4.69, 9.17) is 0 Å². The third kappa shape index (κ3) is 7.39. The molecule has 0 aromatic rings. The molecule has 5 heteroatoms. The van der Waals surface area contributed by atoms with Crippen LogP contribution in [-0.4, -0.2) is 11.8 Å². The van der Waals surface area contributed by atoms with E-state index in [9.17, 15) is 9.59 Å². The van der Waals surface area contributed by atoms with Crippen molar-refractivity contribution in [2.24, 2.45) is 5.90 Å². The predicted octanol–water partition coefficient (Wildman–Crippen LogP) is 0.194. The normalized spacial score (nSPS) is 7.80. The lowest BCUT2D eigenvalue weighted by atomic mass is 10.2. The molecule has 0 aromatic heterocycles. The molecule has 0 aliphatic heterocycles. The Balaban J connectivity index is 0. The van der Waals surface area contributed by atoms with E-state index in [1.807, 2.05) is 0 Å². The number of ketones is 1. The summed E-state index contributed by atoms with van der Waals surface area (Å²) < 4.78 is 0. The fraction of sp³-hybridized carbons (Fsp3) is 0.600. The van der Waals surface area contributed by atoms with E-state index in [2.05, 4.69) is 10.7 Å². The Kier molecular flexibility index (Phi) is 7.88. The van der Waals surface area contributed by atoms with Crippen molar-refractivity contribution < 1.29 is 14.4 Å². The molecule has 10 heavy (non-hydrogen) atoms. The Morgan fingerprint density at radius 2 is 1.90 bits per heavy atom. The summed E-state index contributed by atoms with van der Waals surface area (Å²) in [5, 5.41) is 0. The Hall–Kier alpha value is -0.610. The van der Waals surface area contributed by atoms with Gasteiger partial charge in [-0.2, -0.15) is 5.90 Å². The fourth-order valence-electron chi connectivity index (χ4n) is 0.337. The van der Waals surface area contributed by atoms with Gasteiger partial charge in [0, 0.05) is 6.42 Å². The number of nitrogens with two attached hydrogens (primary N) is 1. The van der Waals surface area contributed by atoms with Gasteiger partial charge in [0.2, 0.25) is 0 Å². The second kappa shape index (κ2) is 6.51. The van der Waals surface area contributed by atoms with Crippen LogP contribution in [0.2, 0.25) is 0 Å². The van der Waals surface area contributed by atoms with Gasteiger partial charge in [-0.25, -0.2) is 0 Å². The maximum absolute atomic E-state index is 10.2. The van der Waals surface area contributed by atoms with Gasteiger partial charge in [0.25, 0.3) is 0 Å². The summed E-state index contributed by atoms with van der Waals surface area (Å²) in [6, 6.07) is 0. The van der Waals surface area contributed by atoms with Crippen LogP contribution in [-0.2, 0) is 14.4 Å². The molecule has 60 valence electrons. The second-order valence-electron chi connectivity index (χ2n) is 1.69. The van der Waals surface area contributed by atoms with Crippen molar-refractivity contribution in [2.75, 3.05) is 0 Å². The molecule has 0 radical (unpaired) electrons. The van der Waals surface area contributed by atoms with Crippen LogP contribution in [0.1, 0.15) is 19.8 Å². The zero-order valence-corrected chi connectivity index (χ0v) is 6.44. The number of halogens is 1. The van der Waals surface area contributed by atoms with Gasteiger partial charge < -0.3 is 9.63 Å². The summed E-state index contributed by atoms with van der Waals surface area (Å²) in [6.07, 6.45) is 0.280. The quantitative estimate of drug-likeness (QED) is 0.610. The van der Waals surface area contributed by atoms with E-state index in [1.54, 1.807) is 0 Å². The van der Waals surface area contributed by atoms with E-state index >= 15 is 0 Å². The molecule has 0 atom stereocenters. The van der Waals surface area contributed by atoms with E-state index < -0.39 is 5.97 Å². The number of hydrogen-bond donors (Lipinski definition) is 1. The highest BCUT2D eigenvalue weighted by atomic mass is 35.5. The molecule has 4 nitrogen and oxygen atoms in total. The number of hydrogen-bond acceptors (Lipinski definition) is 4. The third-order valence-corrected chi connectivity index (χ3v) is 0.813. The van der Waals surface area contributed by atoms with Crippen LogP contribution in [0.15, 0.2) is 0 Å². The van der Waals surface area contributed by atoms with Gasteiger partial charge >= 0.3 is 5.97 Å². The molecule has 0 aromatic carbocycles. The van der Waals surface area contributed by atoms with E-state index in [0.29, 0.717) is 0 Å². The molecule has 0 rings (SSSR count). The van der Waals surface area contributed by atoms with Crippen molar-refractivity contribution in [3.05, 3.63) is 0 Å². The van der Waals surface area contributed by atoms with Gasteiger partial charge in [0.1, 0.15) is 5.78 Å². The molecule has 0 aliphatic carbocycles. The summed E-state index contributed by atoms with van der Waals surface area (Å²) in [7, 11) is 0. The minimum atomic E-state index is -0.551. The van der Waals surface area contributed by atoms with Crippen LogP contribution in [0.4, 0.5) is 0 Å². The van der Waals surface area contributed by atoms with Crippen LogP contribution in [0.25, 0.3) is 0 Å². The largest absolute Gasteiger partial charge is 0.373 e. The van der Waals surface area contributed by atoms with Crippen molar-refractivity contribution in [1.29, 1.82) is 0 Å². The molecule has 0 aliphatic rings. The summed E-state index contributed by atoms with van der Waals surface area (Å²) >= 11 is 0. The number of carbonyl (C=O) groups excluding carboxylic acids is 2. The van der Waals surface area contributed by atoms with Crippen LogP contribution < -0.4 is 5.90 Å². The molecule has 0 saturated carbocycles. The van der Waals surface area contributed by atoms with E-state index in [-0.39, 0.29) is 31.0 Å². The predicted molar refractivity (Wildman–Crippen MR) is 37.4 cm³/mol. The fourth-order valence-corrected chi connectivity index (χ4v) is 0.337. The summed E-state index contributed by atoms with van der Waals surface area (Å²) in [4.78, 5) is 24.2. The topological polar surface area (TPSA) is 69.4 Å². The molecule has 0 heterocycles. The van der Waals surface area contributed by atoms with Crippen molar-refractivity contribution in [1.82, 2.24) is 0 Å². The molecule has 0 unspecified atom stereocenters. The highest BCUT2D eigenvalue weighted by Gasteiger charge is 2.01. The average molecular weight is 168 g/mol. The maximum atomic E-state index is 10.2. The monoisotopic (exact) mass is 167 g/mol. The molecule has 0 saturated heterocycles. The maximum Gasteiger partial charge on any atom is 0.324 e. The van der Waals surface area contributed by atoms with E-state index in [1.165, 1.54) is 6.92 Å². The molecular formula is C5H10ClNO3. The first kappa shape index (κ1) is 12.1. The van der Waals surface area contributed by atoms with Crippen molar-refractivity contribution in [2.45, 2.75) is 19.8 Å². The van der Waals surface area contributed by atoms with Gasteiger partial charge in [-0.05, 0) is 6.92 Å². The first-order chi connectivity index (χ1) is 4.16. The molecule has 0 amide bonds. The second-order valence-corrected chi connectivity index (χ2v) is 1.69. The van der Waals surface area contributed by atoms with Gasteiger partial charge in [-0.1, -0.05) is 0 Å². The summed E-state index contributed by atoms with van der Waals surface area (Å²) in [5.41, 5.74) is 0. The SMILES string of the molecule is CC(=O)CCC(=O)ON.Cl. The number of Topliss-reactive ketones (excluding diaryl/α,β-unsaturated/α-hetero) is 1. The smallest absolute Gasteiger partial charge is 0.324 e. The Bertz CT molecular complexity index is 126. The van der Waals surface area contributed by atoms with Crippen molar-refractivity contribution in [3.8, 4) is 0 Å². The van der Waals surface area contributed by atoms with E-state index in [0.717, 1.165) is 0 Å². The highest BCUT2D eigenvalue weighted by Crippen LogP contribution is 1.90. The van der Waals surface area contributed by atoms with Gasteiger partial charge in [-0.3, -0.25) is 4.79 Å². The lowest BCUT2D eigenvalue weighted by molar-refractivity contribution is -0.145. The first-order valence-electron chi connectivity index (χ1n) is 2.56. The molecule has 0 bridgehead atoms. The van der Waals surface area contributed by atoms with Crippen LogP contribution in [0.5, 0.6) is 0 Å². The lowest BCUT2D eigenvalue weighted by Crippen LogP contribution is -2.10. The summed E-state index contributed by atoms with van der Waals surface area (Å²) in [6.45, 7) is 1.41. The lowest BCUT2D eigenvalue weighted by Gasteiger charge is -1.92. The Labute approximate surface area is 65.1 Å². The van der Waals surface area contributed by atoms with Crippen molar-refractivity contribution in [3.63, 3.8) is 0 Å². The third-order valence-electron chi connectivity index (χ3n) is 0.813. The standard InChI is InChI=1S/C5H9NO3.ClH/c1-4(7)2-3-5(8)9-6;/h2-3,6H2,1H3;1H. The van der Waals surface area contributed by atoms with Gasteiger partial charge in [0.15, 0.2) is 0 Å². The molecule has 0 fully saturated rings. The van der Waals surface area contributed by atoms with Crippen LogP contribution in [0.3, 0.4) is 0 Å². The van der Waals surface area contributed by atoms with Crippen molar-refractivity contribution >= 4 is 24.2 Å². The zero-order valence-electron chi connectivity index (χ0n) is 5.62.